The van der Waals surface area contributed by atoms with Crippen molar-refractivity contribution in [3.05, 3.63) is 0 Å². The predicted octanol–water partition coefficient (Wildman–Crippen LogP) is 2.54. The van der Waals surface area contributed by atoms with Crippen LogP contribution in [-0.4, -0.2) is 26.6 Å². The van der Waals surface area contributed by atoms with Crippen LogP contribution in [0.15, 0.2) is 0 Å². The van der Waals surface area contributed by atoms with Crippen LogP contribution in [0.2, 0.25) is 0 Å². The van der Waals surface area contributed by atoms with E-state index in [2.05, 4.69) is 13.8 Å². The highest BCUT2D eigenvalue weighted by Crippen LogP contribution is 2.19. The van der Waals surface area contributed by atoms with Crippen LogP contribution in [0, 0.1) is 5.92 Å². The Morgan fingerprint density at radius 3 is 2.13 bits per heavy atom. The lowest BCUT2D eigenvalue weighted by Gasteiger charge is -2.25. The van der Waals surface area contributed by atoms with E-state index in [0.717, 1.165) is 6.42 Å². The largest absolute Gasteiger partial charge is 0.354 e. The first-order chi connectivity index (χ1) is 7.19. The number of rotatable bonds is 9. The third kappa shape index (κ3) is 6.13. The van der Waals surface area contributed by atoms with E-state index in [1.54, 1.807) is 14.2 Å². The fourth-order valence-electron chi connectivity index (χ4n) is 1.92. The van der Waals surface area contributed by atoms with Crippen molar-refractivity contribution in [2.75, 3.05) is 14.2 Å². The Labute approximate surface area is 94.3 Å². The molecule has 15 heavy (non-hydrogen) atoms. The lowest BCUT2D eigenvalue weighted by atomic mass is 9.92. The van der Waals surface area contributed by atoms with Crippen LogP contribution < -0.4 is 5.73 Å². The molecule has 0 saturated carbocycles. The molecular weight excluding hydrogens is 190 g/mol. The van der Waals surface area contributed by atoms with E-state index in [1.165, 1.54) is 25.7 Å². The molecule has 0 amide bonds. The molecule has 0 aliphatic carbocycles. The van der Waals surface area contributed by atoms with Crippen LogP contribution in [0.1, 0.15) is 46.0 Å². The maximum Gasteiger partial charge on any atom is 0.171 e. The van der Waals surface area contributed by atoms with Crippen LogP contribution in [0.5, 0.6) is 0 Å². The molecule has 0 aromatic heterocycles. The molecule has 0 rings (SSSR count). The van der Waals surface area contributed by atoms with E-state index >= 15 is 0 Å². The molecule has 2 N–H and O–H groups in total. The van der Waals surface area contributed by atoms with Gasteiger partial charge in [0.25, 0.3) is 0 Å². The van der Waals surface area contributed by atoms with Crippen molar-refractivity contribution in [2.24, 2.45) is 11.7 Å². The second-order valence-corrected chi connectivity index (χ2v) is 4.16. The molecule has 0 heterocycles. The summed E-state index contributed by atoms with van der Waals surface area (Å²) in [6.07, 6.45) is 5.72. The third-order valence-electron chi connectivity index (χ3n) is 2.96. The quantitative estimate of drug-likeness (QED) is 0.604. The summed E-state index contributed by atoms with van der Waals surface area (Å²) < 4.78 is 10.3. The average molecular weight is 217 g/mol. The Morgan fingerprint density at radius 1 is 1.13 bits per heavy atom. The van der Waals surface area contributed by atoms with Gasteiger partial charge in [-0.1, -0.05) is 39.5 Å². The van der Waals surface area contributed by atoms with Crippen molar-refractivity contribution in [1.29, 1.82) is 0 Å². The van der Waals surface area contributed by atoms with E-state index < -0.39 is 0 Å². The van der Waals surface area contributed by atoms with Gasteiger partial charge in [0.05, 0.1) is 6.04 Å². The first-order valence-electron chi connectivity index (χ1n) is 6.00. The van der Waals surface area contributed by atoms with Gasteiger partial charge in [-0.2, -0.15) is 0 Å². The summed E-state index contributed by atoms with van der Waals surface area (Å²) in [5.74, 6) is 0.702. The second kappa shape index (κ2) is 9.13. The number of nitrogens with two attached hydrogens (primary N) is 1. The van der Waals surface area contributed by atoms with Crippen LogP contribution >= 0.6 is 0 Å². The molecular formula is C12H27NO2. The number of unbranched alkanes of at least 4 members (excludes halogenated alkanes) is 1. The van der Waals surface area contributed by atoms with E-state index in [4.69, 9.17) is 15.2 Å². The van der Waals surface area contributed by atoms with Gasteiger partial charge >= 0.3 is 0 Å². The molecule has 0 radical (unpaired) electrons. The van der Waals surface area contributed by atoms with Crippen LogP contribution in [0.4, 0.5) is 0 Å². The van der Waals surface area contributed by atoms with Crippen molar-refractivity contribution in [1.82, 2.24) is 0 Å². The molecule has 2 unspecified atom stereocenters. The fraction of sp³-hybridized carbons (Fsp3) is 1.00. The summed E-state index contributed by atoms with van der Waals surface area (Å²) in [7, 11) is 3.28. The maximum atomic E-state index is 6.04. The van der Waals surface area contributed by atoms with Gasteiger partial charge in [0.1, 0.15) is 0 Å². The topological polar surface area (TPSA) is 44.5 Å². The summed E-state index contributed by atoms with van der Waals surface area (Å²) in [6.45, 7) is 4.45. The Morgan fingerprint density at radius 2 is 1.73 bits per heavy atom. The van der Waals surface area contributed by atoms with Crippen molar-refractivity contribution < 1.29 is 9.47 Å². The van der Waals surface area contributed by atoms with Crippen molar-refractivity contribution >= 4 is 0 Å². The molecule has 0 aromatic carbocycles. The molecule has 2 atom stereocenters. The van der Waals surface area contributed by atoms with Gasteiger partial charge in [-0.05, 0) is 12.3 Å². The molecule has 92 valence electrons. The summed E-state index contributed by atoms with van der Waals surface area (Å²) in [5, 5.41) is 0. The van der Waals surface area contributed by atoms with Gasteiger partial charge in [-0.25, -0.2) is 0 Å². The highest BCUT2D eigenvalue weighted by molar-refractivity contribution is 4.71. The normalized spacial score (nSPS) is 15.6. The van der Waals surface area contributed by atoms with Gasteiger partial charge in [0, 0.05) is 14.2 Å². The lowest BCUT2D eigenvalue weighted by Crippen LogP contribution is -2.39. The van der Waals surface area contributed by atoms with Crippen molar-refractivity contribution in [2.45, 2.75) is 58.3 Å². The molecule has 0 aliphatic rings. The minimum atomic E-state index is -0.263. The van der Waals surface area contributed by atoms with Gasteiger partial charge in [-0.15, -0.1) is 0 Å². The Kier molecular flexibility index (Phi) is 9.06. The summed E-state index contributed by atoms with van der Waals surface area (Å²) in [4.78, 5) is 0. The summed E-state index contributed by atoms with van der Waals surface area (Å²) >= 11 is 0. The highest BCUT2D eigenvalue weighted by atomic mass is 16.7. The zero-order chi connectivity index (χ0) is 11.7. The first-order valence-corrected chi connectivity index (χ1v) is 6.00. The van der Waals surface area contributed by atoms with E-state index in [0.29, 0.717) is 5.92 Å². The van der Waals surface area contributed by atoms with Crippen LogP contribution in [0.25, 0.3) is 0 Å². The molecule has 3 nitrogen and oxygen atoms in total. The van der Waals surface area contributed by atoms with Crippen molar-refractivity contribution in [3.63, 3.8) is 0 Å². The minimum absolute atomic E-state index is 0.0122. The van der Waals surface area contributed by atoms with Crippen LogP contribution in [0.3, 0.4) is 0 Å². The number of methoxy groups -OCH3 is 2. The van der Waals surface area contributed by atoms with Crippen LogP contribution in [-0.2, 0) is 9.47 Å². The number of hydrogen-bond donors (Lipinski definition) is 1. The number of ether oxygens (including phenoxy) is 2. The second-order valence-electron chi connectivity index (χ2n) is 4.16. The van der Waals surface area contributed by atoms with Gasteiger partial charge in [0.15, 0.2) is 6.29 Å². The fourth-order valence-corrected chi connectivity index (χ4v) is 1.92. The van der Waals surface area contributed by atoms with E-state index in [-0.39, 0.29) is 12.3 Å². The summed E-state index contributed by atoms with van der Waals surface area (Å²) in [6, 6.07) is -0.0122. The van der Waals surface area contributed by atoms with Gasteiger partial charge < -0.3 is 15.2 Å². The molecule has 0 aliphatic heterocycles. The smallest absolute Gasteiger partial charge is 0.171 e. The first kappa shape index (κ1) is 14.9. The molecule has 0 aromatic rings. The van der Waals surface area contributed by atoms with Gasteiger partial charge in [0.2, 0.25) is 0 Å². The zero-order valence-corrected chi connectivity index (χ0v) is 10.7. The van der Waals surface area contributed by atoms with E-state index in [1.807, 2.05) is 0 Å². The average Bonchev–Trinajstić information content (AvgIpc) is 2.25. The van der Waals surface area contributed by atoms with E-state index in [9.17, 15) is 0 Å². The third-order valence-corrected chi connectivity index (χ3v) is 2.96. The maximum absolute atomic E-state index is 6.04. The van der Waals surface area contributed by atoms with Crippen molar-refractivity contribution in [3.8, 4) is 0 Å². The predicted molar refractivity (Wildman–Crippen MR) is 63.7 cm³/mol. The summed E-state index contributed by atoms with van der Waals surface area (Å²) in [5.41, 5.74) is 6.04. The molecule has 0 spiro atoms. The SMILES string of the molecule is CCCCC(CC)CC(N)C(OC)OC. The molecule has 0 bridgehead atoms. The van der Waals surface area contributed by atoms with Gasteiger partial charge in [-0.3, -0.25) is 0 Å². The Hall–Kier alpha value is -0.120. The minimum Gasteiger partial charge on any atom is -0.354 e. The molecule has 0 saturated heterocycles. The lowest BCUT2D eigenvalue weighted by molar-refractivity contribution is -0.119. The molecule has 0 fully saturated rings. The molecule has 3 heteroatoms. The number of hydrogen-bond acceptors (Lipinski definition) is 3. The highest BCUT2D eigenvalue weighted by Gasteiger charge is 2.19. The Bertz CT molecular complexity index is 138. The monoisotopic (exact) mass is 217 g/mol. The zero-order valence-electron chi connectivity index (χ0n) is 10.7. The Balaban J connectivity index is 3.92. The standard InChI is InChI=1S/C12H27NO2/c1-5-7-8-10(6-2)9-11(13)12(14-3)15-4/h10-12H,5-9,13H2,1-4H3.